The number of sulfonamides is 1. The monoisotopic (exact) mass is 423 g/mol. The standard InChI is InChI=1S/C19H25N3O6S/c1-2-3-7-22-18(24)15-5-4-14(13-16(15)19(22)25)17(23)20-6-12-29(26,27)21-8-10-28-11-9-21/h4-5,13H,2-3,6-12H2,1H3,(H,20,23). The van der Waals surface area contributed by atoms with E-state index in [1.54, 1.807) is 0 Å². The molecule has 2 aliphatic rings. The lowest BCUT2D eigenvalue weighted by atomic mass is 10.1. The van der Waals surface area contributed by atoms with Crippen molar-refractivity contribution in [3.63, 3.8) is 0 Å². The van der Waals surface area contributed by atoms with E-state index in [-0.39, 0.29) is 34.9 Å². The van der Waals surface area contributed by atoms with E-state index in [0.717, 1.165) is 12.8 Å². The Morgan fingerprint density at radius 1 is 1.14 bits per heavy atom. The van der Waals surface area contributed by atoms with Crippen LogP contribution < -0.4 is 5.32 Å². The number of morpholine rings is 1. The average Bonchev–Trinajstić information content (AvgIpc) is 2.96. The summed E-state index contributed by atoms with van der Waals surface area (Å²) in [5.41, 5.74) is 0.711. The summed E-state index contributed by atoms with van der Waals surface area (Å²) in [7, 11) is -3.47. The zero-order valence-electron chi connectivity index (χ0n) is 16.3. The van der Waals surface area contributed by atoms with E-state index in [1.807, 2.05) is 6.92 Å². The molecule has 1 aromatic rings. The van der Waals surface area contributed by atoms with Crippen LogP contribution in [-0.2, 0) is 14.8 Å². The van der Waals surface area contributed by atoms with Crippen LogP contribution >= 0.6 is 0 Å². The summed E-state index contributed by atoms with van der Waals surface area (Å²) in [5.74, 6) is -1.45. The molecular formula is C19H25N3O6S. The van der Waals surface area contributed by atoms with Crippen molar-refractivity contribution >= 4 is 27.7 Å². The quantitative estimate of drug-likeness (QED) is 0.609. The molecule has 2 aliphatic heterocycles. The molecule has 1 aromatic carbocycles. The first-order valence-corrected chi connectivity index (χ1v) is 11.3. The van der Waals surface area contributed by atoms with Crippen molar-refractivity contribution in [1.29, 1.82) is 0 Å². The maximum absolute atomic E-state index is 12.5. The topological polar surface area (TPSA) is 113 Å². The van der Waals surface area contributed by atoms with Crippen LogP contribution in [0, 0.1) is 0 Å². The number of benzene rings is 1. The van der Waals surface area contributed by atoms with Gasteiger partial charge in [-0.1, -0.05) is 13.3 Å². The largest absolute Gasteiger partial charge is 0.379 e. The first-order valence-electron chi connectivity index (χ1n) is 9.69. The zero-order valence-corrected chi connectivity index (χ0v) is 17.2. The Morgan fingerprint density at radius 3 is 2.52 bits per heavy atom. The average molecular weight is 423 g/mol. The molecule has 0 bridgehead atoms. The van der Waals surface area contributed by atoms with Crippen LogP contribution in [-0.4, -0.2) is 80.5 Å². The van der Waals surface area contributed by atoms with Crippen molar-refractivity contribution < 1.29 is 27.5 Å². The van der Waals surface area contributed by atoms with Crippen molar-refractivity contribution in [2.75, 3.05) is 45.1 Å². The van der Waals surface area contributed by atoms with E-state index >= 15 is 0 Å². The lowest BCUT2D eigenvalue weighted by molar-refractivity contribution is 0.0652. The van der Waals surface area contributed by atoms with Crippen LogP contribution in [0.25, 0.3) is 0 Å². The summed E-state index contributed by atoms with van der Waals surface area (Å²) in [4.78, 5) is 38.4. The Bertz CT molecular complexity index is 909. The second-order valence-corrected chi connectivity index (χ2v) is 9.05. The van der Waals surface area contributed by atoms with E-state index in [4.69, 9.17) is 4.74 Å². The number of carbonyl (C=O) groups is 3. The van der Waals surface area contributed by atoms with E-state index in [2.05, 4.69) is 5.32 Å². The molecule has 0 atom stereocenters. The fraction of sp³-hybridized carbons (Fsp3) is 0.526. The van der Waals surface area contributed by atoms with Crippen LogP contribution in [0.2, 0.25) is 0 Å². The number of rotatable bonds is 8. The van der Waals surface area contributed by atoms with Gasteiger partial charge < -0.3 is 10.1 Å². The maximum Gasteiger partial charge on any atom is 0.261 e. The lowest BCUT2D eigenvalue weighted by Gasteiger charge is -2.26. The zero-order chi connectivity index (χ0) is 21.0. The number of fused-ring (bicyclic) bond motifs is 1. The number of hydrogen-bond acceptors (Lipinski definition) is 6. The van der Waals surface area contributed by atoms with Gasteiger partial charge in [0.2, 0.25) is 10.0 Å². The lowest BCUT2D eigenvalue weighted by Crippen LogP contribution is -2.43. The Balaban J connectivity index is 1.61. The van der Waals surface area contributed by atoms with Crippen molar-refractivity contribution in [3.05, 3.63) is 34.9 Å². The molecule has 0 unspecified atom stereocenters. The molecule has 1 fully saturated rings. The number of nitrogens with one attached hydrogen (secondary N) is 1. The number of hydrogen-bond donors (Lipinski definition) is 1. The predicted octanol–water partition coefficient (Wildman–Crippen LogP) is 0.475. The molecule has 1 saturated heterocycles. The van der Waals surface area contributed by atoms with Gasteiger partial charge >= 0.3 is 0 Å². The third-order valence-corrected chi connectivity index (χ3v) is 6.85. The van der Waals surface area contributed by atoms with Crippen molar-refractivity contribution in [2.45, 2.75) is 19.8 Å². The SMILES string of the molecule is CCCCN1C(=O)c2ccc(C(=O)NCCS(=O)(=O)N3CCOCC3)cc2C1=O. The molecule has 29 heavy (non-hydrogen) atoms. The van der Waals surface area contributed by atoms with Crippen molar-refractivity contribution in [3.8, 4) is 0 Å². The minimum absolute atomic E-state index is 0.0505. The fourth-order valence-electron chi connectivity index (χ4n) is 3.30. The highest BCUT2D eigenvalue weighted by atomic mass is 32.2. The van der Waals surface area contributed by atoms with Gasteiger partial charge in [-0.25, -0.2) is 8.42 Å². The maximum atomic E-state index is 12.5. The van der Waals surface area contributed by atoms with Crippen LogP contribution in [0.4, 0.5) is 0 Å². The van der Waals surface area contributed by atoms with Gasteiger partial charge in [0.1, 0.15) is 0 Å². The van der Waals surface area contributed by atoms with Gasteiger partial charge in [0.15, 0.2) is 0 Å². The summed E-state index contributed by atoms with van der Waals surface area (Å²) in [6.45, 7) is 3.62. The molecule has 2 heterocycles. The van der Waals surface area contributed by atoms with E-state index in [9.17, 15) is 22.8 Å². The molecule has 158 valence electrons. The molecule has 0 saturated carbocycles. The van der Waals surface area contributed by atoms with Gasteiger partial charge in [0.25, 0.3) is 17.7 Å². The predicted molar refractivity (Wildman–Crippen MR) is 105 cm³/mol. The Labute approximate surface area is 170 Å². The molecular weight excluding hydrogens is 398 g/mol. The highest BCUT2D eigenvalue weighted by molar-refractivity contribution is 7.89. The molecule has 0 aromatic heterocycles. The summed E-state index contributed by atoms with van der Waals surface area (Å²) in [5, 5.41) is 2.57. The third kappa shape index (κ3) is 4.65. The first-order chi connectivity index (χ1) is 13.8. The molecule has 10 heteroatoms. The molecule has 9 nitrogen and oxygen atoms in total. The number of imide groups is 1. The fourth-order valence-corrected chi connectivity index (χ4v) is 4.62. The smallest absolute Gasteiger partial charge is 0.261 e. The summed E-state index contributed by atoms with van der Waals surface area (Å²) in [6.07, 6.45) is 1.57. The van der Waals surface area contributed by atoms with Gasteiger partial charge in [-0.15, -0.1) is 0 Å². The number of amides is 3. The first kappa shape index (κ1) is 21.4. The summed E-state index contributed by atoms with van der Waals surface area (Å²) in [6, 6.07) is 4.34. The highest BCUT2D eigenvalue weighted by Crippen LogP contribution is 2.24. The van der Waals surface area contributed by atoms with Gasteiger partial charge in [0, 0.05) is 31.7 Å². The second-order valence-electron chi connectivity index (χ2n) is 6.96. The Morgan fingerprint density at radius 2 is 1.83 bits per heavy atom. The minimum atomic E-state index is -3.47. The Hall–Kier alpha value is -2.30. The number of unbranched alkanes of at least 4 members (excludes halogenated alkanes) is 1. The summed E-state index contributed by atoms with van der Waals surface area (Å²) < 4.78 is 31.1. The third-order valence-electron chi connectivity index (χ3n) is 4.98. The molecule has 0 radical (unpaired) electrons. The van der Waals surface area contributed by atoms with Crippen molar-refractivity contribution in [1.82, 2.24) is 14.5 Å². The molecule has 0 spiro atoms. The van der Waals surface area contributed by atoms with E-state index in [1.165, 1.54) is 27.4 Å². The van der Waals surface area contributed by atoms with E-state index in [0.29, 0.717) is 32.8 Å². The van der Waals surface area contributed by atoms with E-state index < -0.39 is 21.8 Å². The minimum Gasteiger partial charge on any atom is -0.379 e. The van der Waals surface area contributed by atoms with Crippen LogP contribution in [0.3, 0.4) is 0 Å². The van der Waals surface area contributed by atoms with Gasteiger partial charge in [-0.2, -0.15) is 4.31 Å². The van der Waals surface area contributed by atoms with Gasteiger partial charge in [-0.05, 0) is 24.6 Å². The highest BCUT2D eigenvalue weighted by Gasteiger charge is 2.35. The van der Waals surface area contributed by atoms with Crippen molar-refractivity contribution in [2.24, 2.45) is 0 Å². The molecule has 0 aliphatic carbocycles. The number of nitrogens with zero attached hydrogens (tertiary/aromatic N) is 2. The van der Waals surface area contributed by atoms with Gasteiger partial charge in [-0.3, -0.25) is 19.3 Å². The second kappa shape index (κ2) is 9.02. The van der Waals surface area contributed by atoms with Crippen LogP contribution in [0.15, 0.2) is 18.2 Å². The molecule has 3 rings (SSSR count). The molecule has 3 amide bonds. The number of ether oxygens (including phenoxy) is 1. The Kier molecular flexibility index (Phi) is 6.66. The summed E-state index contributed by atoms with van der Waals surface area (Å²) >= 11 is 0. The normalized spacial score (nSPS) is 17.5. The van der Waals surface area contributed by atoms with Crippen LogP contribution in [0.5, 0.6) is 0 Å². The number of carbonyl (C=O) groups excluding carboxylic acids is 3. The van der Waals surface area contributed by atoms with Crippen LogP contribution in [0.1, 0.15) is 50.8 Å². The van der Waals surface area contributed by atoms with Gasteiger partial charge in [0.05, 0.1) is 30.1 Å². The molecule has 1 N–H and O–H groups in total.